The average molecular weight is 479 g/mol. The van der Waals surface area contributed by atoms with Crippen molar-refractivity contribution >= 4 is 23.4 Å². The summed E-state index contributed by atoms with van der Waals surface area (Å²) in [6, 6.07) is 36.6. The zero-order chi connectivity index (χ0) is 23.9. The van der Waals surface area contributed by atoms with Crippen LogP contribution in [0.25, 0.3) is 17.1 Å². The summed E-state index contributed by atoms with van der Waals surface area (Å²) in [5.74, 6) is 2.16. The van der Waals surface area contributed by atoms with Gasteiger partial charge in [-0.05, 0) is 36.4 Å². The molecule has 0 atom stereocenters. The Morgan fingerprint density at radius 1 is 0.771 bits per heavy atom. The molecule has 0 aliphatic heterocycles. The third-order valence-electron chi connectivity index (χ3n) is 5.11. The number of para-hydroxylation sites is 2. The van der Waals surface area contributed by atoms with Gasteiger partial charge in [-0.2, -0.15) is 0 Å². The lowest BCUT2D eigenvalue weighted by Gasteiger charge is -2.11. The molecule has 0 saturated carbocycles. The standard InChI is InChI=1S/C28H22N4O2S/c33-26(29-22-13-10-18-25(19-22)34-24-16-8-3-9-17-24)20-35-28-31-30-27(21-11-4-1-5-12-21)32(28)23-14-6-2-7-15-23/h1-19H,20H2,(H,29,33). The molecule has 1 amide bonds. The highest BCUT2D eigenvalue weighted by Crippen LogP contribution is 2.28. The van der Waals surface area contributed by atoms with Crippen LogP contribution < -0.4 is 10.1 Å². The first-order valence-corrected chi connectivity index (χ1v) is 12.1. The fourth-order valence-corrected chi connectivity index (χ4v) is 4.29. The number of anilines is 1. The summed E-state index contributed by atoms with van der Waals surface area (Å²) in [5, 5.41) is 12.4. The molecule has 4 aromatic carbocycles. The van der Waals surface area contributed by atoms with Crippen LogP contribution in [-0.2, 0) is 4.79 Å². The lowest BCUT2D eigenvalue weighted by atomic mass is 10.2. The number of carbonyl (C=O) groups is 1. The van der Waals surface area contributed by atoms with Crippen LogP contribution in [0.4, 0.5) is 5.69 Å². The normalized spacial score (nSPS) is 10.6. The predicted molar refractivity (Wildman–Crippen MR) is 139 cm³/mol. The maximum Gasteiger partial charge on any atom is 0.234 e. The lowest BCUT2D eigenvalue weighted by Crippen LogP contribution is -2.14. The summed E-state index contributed by atoms with van der Waals surface area (Å²) < 4.78 is 7.84. The number of rotatable bonds is 8. The zero-order valence-corrected chi connectivity index (χ0v) is 19.6. The van der Waals surface area contributed by atoms with Gasteiger partial charge in [-0.3, -0.25) is 9.36 Å². The minimum atomic E-state index is -0.143. The molecule has 0 saturated heterocycles. The van der Waals surface area contributed by atoms with Crippen molar-refractivity contribution in [1.29, 1.82) is 0 Å². The third-order valence-corrected chi connectivity index (χ3v) is 6.04. The van der Waals surface area contributed by atoms with Gasteiger partial charge in [0.15, 0.2) is 11.0 Å². The Kier molecular flexibility index (Phi) is 6.87. The topological polar surface area (TPSA) is 69.0 Å². The molecule has 0 fully saturated rings. The third kappa shape index (κ3) is 5.59. The van der Waals surface area contributed by atoms with E-state index in [0.717, 1.165) is 22.8 Å². The molecule has 0 radical (unpaired) electrons. The van der Waals surface area contributed by atoms with Gasteiger partial charge in [0.05, 0.1) is 5.75 Å². The summed E-state index contributed by atoms with van der Waals surface area (Å²) in [6.45, 7) is 0. The van der Waals surface area contributed by atoms with E-state index in [4.69, 9.17) is 4.74 Å². The van der Waals surface area contributed by atoms with Crippen molar-refractivity contribution in [2.45, 2.75) is 5.16 Å². The van der Waals surface area contributed by atoms with Crippen LogP contribution in [-0.4, -0.2) is 26.4 Å². The highest BCUT2D eigenvalue weighted by molar-refractivity contribution is 7.99. The molecular formula is C28H22N4O2S. The van der Waals surface area contributed by atoms with Crippen molar-refractivity contribution < 1.29 is 9.53 Å². The van der Waals surface area contributed by atoms with E-state index < -0.39 is 0 Å². The second-order valence-corrected chi connectivity index (χ2v) is 8.57. The number of carbonyl (C=O) groups excluding carboxylic acids is 1. The van der Waals surface area contributed by atoms with E-state index in [-0.39, 0.29) is 11.7 Å². The van der Waals surface area contributed by atoms with Gasteiger partial charge >= 0.3 is 0 Å². The minimum Gasteiger partial charge on any atom is -0.457 e. The number of benzene rings is 4. The second kappa shape index (κ2) is 10.7. The van der Waals surface area contributed by atoms with Crippen molar-refractivity contribution in [3.05, 3.63) is 115 Å². The van der Waals surface area contributed by atoms with Gasteiger partial charge in [-0.15, -0.1) is 10.2 Å². The number of nitrogens with one attached hydrogen (secondary N) is 1. The minimum absolute atomic E-state index is 0.143. The molecule has 0 spiro atoms. The van der Waals surface area contributed by atoms with Gasteiger partial charge in [0.25, 0.3) is 0 Å². The number of hydrogen-bond donors (Lipinski definition) is 1. The fourth-order valence-electron chi connectivity index (χ4n) is 3.54. The predicted octanol–water partition coefficient (Wildman–Crippen LogP) is 6.46. The monoisotopic (exact) mass is 478 g/mol. The van der Waals surface area contributed by atoms with E-state index in [2.05, 4.69) is 15.5 Å². The van der Waals surface area contributed by atoms with Crippen molar-refractivity contribution in [2.24, 2.45) is 0 Å². The maximum absolute atomic E-state index is 12.7. The van der Waals surface area contributed by atoms with Crippen molar-refractivity contribution in [2.75, 3.05) is 11.1 Å². The lowest BCUT2D eigenvalue weighted by molar-refractivity contribution is -0.113. The highest BCUT2D eigenvalue weighted by Gasteiger charge is 2.17. The zero-order valence-electron chi connectivity index (χ0n) is 18.7. The Bertz CT molecular complexity index is 1410. The van der Waals surface area contributed by atoms with Crippen LogP contribution in [0.1, 0.15) is 0 Å². The number of hydrogen-bond acceptors (Lipinski definition) is 5. The van der Waals surface area contributed by atoms with Crippen LogP contribution >= 0.6 is 11.8 Å². The molecule has 0 aliphatic carbocycles. The van der Waals surface area contributed by atoms with Crippen molar-refractivity contribution in [3.8, 4) is 28.6 Å². The molecule has 5 aromatic rings. The molecule has 6 nitrogen and oxygen atoms in total. The molecule has 0 unspecified atom stereocenters. The maximum atomic E-state index is 12.7. The Hall–Kier alpha value is -4.36. The Labute approximate surface area is 207 Å². The molecule has 1 N–H and O–H groups in total. The molecule has 7 heteroatoms. The summed E-state index contributed by atoms with van der Waals surface area (Å²) >= 11 is 1.34. The fraction of sp³-hybridized carbons (Fsp3) is 0.0357. The van der Waals surface area contributed by atoms with Crippen LogP contribution in [0.2, 0.25) is 0 Å². The van der Waals surface area contributed by atoms with E-state index in [1.54, 1.807) is 6.07 Å². The Morgan fingerprint density at radius 3 is 2.17 bits per heavy atom. The first-order valence-electron chi connectivity index (χ1n) is 11.1. The number of aromatic nitrogens is 3. The van der Waals surface area contributed by atoms with E-state index in [0.29, 0.717) is 16.6 Å². The molecule has 1 heterocycles. The van der Waals surface area contributed by atoms with Gasteiger partial charge in [0.1, 0.15) is 11.5 Å². The molecule has 172 valence electrons. The first-order chi connectivity index (χ1) is 17.3. The van der Waals surface area contributed by atoms with Crippen LogP contribution in [0.3, 0.4) is 0 Å². The number of amides is 1. The summed E-state index contributed by atoms with van der Waals surface area (Å²) in [4.78, 5) is 12.7. The van der Waals surface area contributed by atoms with Gasteiger partial charge in [0, 0.05) is 23.0 Å². The van der Waals surface area contributed by atoms with Crippen LogP contribution in [0.15, 0.2) is 120 Å². The van der Waals surface area contributed by atoms with Crippen molar-refractivity contribution in [1.82, 2.24) is 14.8 Å². The quantitative estimate of drug-likeness (QED) is 0.259. The average Bonchev–Trinajstić information content (AvgIpc) is 3.33. The molecule has 0 bridgehead atoms. The van der Waals surface area contributed by atoms with Gasteiger partial charge < -0.3 is 10.1 Å². The number of thioether (sulfide) groups is 1. The SMILES string of the molecule is O=C(CSc1nnc(-c2ccccc2)n1-c1ccccc1)Nc1cccc(Oc2ccccc2)c1. The van der Waals surface area contributed by atoms with Gasteiger partial charge in [-0.25, -0.2) is 0 Å². The smallest absolute Gasteiger partial charge is 0.234 e. The van der Waals surface area contributed by atoms with E-state index in [1.807, 2.05) is 114 Å². The Balaban J connectivity index is 1.30. The van der Waals surface area contributed by atoms with Crippen LogP contribution in [0.5, 0.6) is 11.5 Å². The molecule has 1 aromatic heterocycles. The second-order valence-electron chi connectivity index (χ2n) is 7.62. The molecule has 5 rings (SSSR count). The van der Waals surface area contributed by atoms with E-state index in [9.17, 15) is 4.79 Å². The highest BCUT2D eigenvalue weighted by atomic mass is 32.2. The van der Waals surface area contributed by atoms with E-state index >= 15 is 0 Å². The molecule has 35 heavy (non-hydrogen) atoms. The largest absolute Gasteiger partial charge is 0.457 e. The van der Waals surface area contributed by atoms with Gasteiger partial charge in [0.2, 0.25) is 5.91 Å². The van der Waals surface area contributed by atoms with Crippen molar-refractivity contribution in [3.63, 3.8) is 0 Å². The van der Waals surface area contributed by atoms with Gasteiger partial charge in [-0.1, -0.05) is 84.6 Å². The molecule has 0 aliphatic rings. The van der Waals surface area contributed by atoms with Crippen LogP contribution in [0, 0.1) is 0 Å². The molecular weight excluding hydrogens is 456 g/mol. The number of nitrogens with zero attached hydrogens (tertiary/aromatic N) is 3. The summed E-state index contributed by atoms with van der Waals surface area (Å²) in [5.41, 5.74) is 2.55. The first kappa shape index (κ1) is 22.4. The summed E-state index contributed by atoms with van der Waals surface area (Å²) in [6.07, 6.45) is 0. The number of ether oxygens (including phenoxy) is 1. The Morgan fingerprint density at radius 2 is 1.43 bits per heavy atom. The summed E-state index contributed by atoms with van der Waals surface area (Å²) in [7, 11) is 0. The van der Waals surface area contributed by atoms with E-state index in [1.165, 1.54) is 11.8 Å².